The summed E-state index contributed by atoms with van der Waals surface area (Å²) >= 11 is 0.907. The first-order chi connectivity index (χ1) is 8.83. The summed E-state index contributed by atoms with van der Waals surface area (Å²) in [5, 5.41) is 3.81. The van der Waals surface area contributed by atoms with E-state index >= 15 is 0 Å². The molecule has 3 N–H and O–H groups in total. The Balaban J connectivity index is 2.55. The largest absolute Gasteiger partial charge is 0.396 e. The highest BCUT2D eigenvalue weighted by atomic mass is 32.2. The van der Waals surface area contributed by atoms with Gasteiger partial charge in [0.2, 0.25) is 0 Å². The van der Waals surface area contributed by atoms with Gasteiger partial charge < -0.3 is 5.73 Å². The lowest BCUT2D eigenvalue weighted by atomic mass is 10.1. The van der Waals surface area contributed by atoms with Crippen LogP contribution in [0, 0.1) is 19.7 Å². The molecule has 1 aromatic carbocycles. The number of nitrogens with one attached hydrogen (secondary N) is 1. The molecule has 0 saturated carbocycles. The van der Waals surface area contributed by atoms with Crippen molar-refractivity contribution in [2.24, 2.45) is 0 Å². The monoisotopic (exact) mass is 302 g/mol. The van der Waals surface area contributed by atoms with E-state index in [1.165, 1.54) is 20.0 Å². The van der Waals surface area contributed by atoms with Crippen LogP contribution in [-0.4, -0.2) is 18.0 Å². The van der Waals surface area contributed by atoms with Crippen LogP contribution in [0.3, 0.4) is 0 Å². The van der Waals surface area contributed by atoms with Crippen LogP contribution in [0.4, 0.5) is 15.1 Å². The molecular formula is C10H11FN4O2S2. The van der Waals surface area contributed by atoms with Gasteiger partial charge in [0, 0.05) is 11.5 Å². The highest BCUT2D eigenvalue weighted by Gasteiger charge is 2.23. The molecule has 1 heterocycles. The normalized spacial score (nSPS) is 11.5. The summed E-state index contributed by atoms with van der Waals surface area (Å²) < 4.78 is 43.8. The highest BCUT2D eigenvalue weighted by Crippen LogP contribution is 2.29. The number of aromatic nitrogens is 2. The van der Waals surface area contributed by atoms with Crippen LogP contribution >= 0.6 is 11.5 Å². The summed E-state index contributed by atoms with van der Waals surface area (Å²) in [4.78, 5) is -0.0280. The molecule has 0 aliphatic rings. The van der Waals surface area contributed by atoms with Gasteiger partial charge in [0.1, 0.15) is 10.8 Å². The van der Waals surface area contributed by atoms with Crippen LogP contribution in [0.25, 0.3) is 0 Å². The molecule has 0 saturated heterocycles. The molecule has 2 rings (SSSR count). The van der Waals surface area contributed by atoms with Gasteiger partial charge in [0.05, 0.1) is 16.8 Å². The molecule has 0 aliphatic carbocycles. The maximum Gasteiger partial charge on any atom is 0.263 e. The van der Waals surface area contributed by atoms with Crippen molar-refractivity contribution in [2.45, 2.75) is 18.7 Å². The Morgan fingerprint density at radius 3 is 2.68 bits per heavy atom. The van der Waals surface area contributed by atoms with Crippen molar-refractivity contribution in [3.05, 3.63) is 29.2 Å². The first kappa shape index (κ1) is 13.7. The van der Waals surface area contributed by atoms with Crippen LogP contribution < -0.4 is 10.5 Å². The second kappa shape index (κ2) is 4.74. The lowest BCUT2D eigenvalue weighted by molar-refractivity contribution is 0.598. The quantitative estimate of drug-likeness (QED) is 0.841. The molecule has 6 nitrogen and oxygen atoms in total. The average Bonchev–Trinajstić information content (AvgIpc) is 2.77. The molecule has 0 atom stereocenters. The molecule has 1 aromatic heterocycles. The fourth-order valence-corrected chi connectivity index (χ4v) is 3.91. The van der Waals surface area contributed by atoms with Crippen LogP contribution in [0.15, 0.2) is 17.2 Å². The van der Waals surface area contributed by atoms with Crippen LogP contribution in [0.1, 0.15) is 11.1 Å². The topological polar surface area (TPSA) is 98.0 Å². The molecule has 0 bridgehead atoms. The van der Waals surface area contributed by atoms with Crippen molar-refractivity contribution in [1.29, 1.82) is 0 Å². The van der Waals surface area contributed by atoms with E-state index in [-0.39, 0.29) is 26.7 Å². The molecule has 0 aliphatic heterocycles. The number of rotatable bonds is 3. The summed E-state index contributed by atoms with van der Waals surface area (Å²) in [6, 6.07) is 1.10. The van der Waals surface area contributed by atoms with Crippen molar-refractivity contribution in [3.8, 4) is 0 Å². The standard InChI is InChI=1S/C10H11FN4O2S2/c1-5-3-7(11)9(12)6(2)10(5)19(16,17)14-8-4-13-15-18-8/h3-4,14H,12H2,1-2H3. The molecule has 2 aromatic rings. The number of benzene rings is 1. The first-order valence-electron chi connectivity index (χ1n) is 5.18. The predicted octanol–water partition coefficient (Wildman–Crippen LogP) is 1.68. The minimum Gasteiger partial charge on any atom is -0.396 e. The highest BCUT2D eigenvalue weighted by molar-refractivity contribution is 7.93. The number of sulfonamides is 1. The lowest BCUT2D eigenvalue weighted by Crippen LogP contribution is -2.16. The smallest absolute Gasteiger partial charge is 0.263 e. The third kappa shape index (κ3) is 2.51. The van der Waals surface area contributed by atoms with Gasteiger partial charge in [-0.1, -0.05) is 4.49 Å². The van der Waals surface area contributed by atoms with Crippen molar-refractivity contribution in [1.82, 2.24) is 9.59 Å². The third-order valence-electron chi connectivity index (χ3n) is 2.57. The molecule has 0 amide bonds. The van der Waals surface area contributed by atoms with Gasteiger partial charge >= 0.3 is 0 Å². The summed E-state index contributed by atoms with van der Waals surface area (Å²) in [6.45, 7) is 2.97. The fourth-order valence-electron chi connectivity index (χ4n) is 1.74. The van der Waals surface area contributed by atoms with Gasteiger partial charge in [-0.2, -0.15) is 0 Å². The average molecular weight is 302 g/mol. The van der Waals surface area contributed by atoms with E-state index < -0.39 is 15.8 Å². The zero-order chi connectivity index (χ0) is 14.2. The predicted molar refractivity (Wildman–Crippen MR) is 71.0 cm³/mol. The Hall–Kier alpha value is -1.74. The lowest BCUT2D eigenvalue weighted by Gasteiger charge is -2.13. The molecular weight excluding hydrogens is 291 g/mol. The van der Waals surface area contributed by atoms with E-state index in [0.29, 0.717) is 0 Å². The maximum atomic E-state index is 13.4. The van der Waals surface area contributed by atoms with Gasteiger partial charge in [-0.25, -0.2) is 12.8 Å². The van der Waals surface area contributed by atoms with E-state index in [1.807, 2.05) is 0 Å². The summed E-state index contributed by atoms with van der Waals surface area (Å²) in [7, 11) is -3.85. The van der Waals surface area contributed by atoms with Crippen LogP contribution in [0.2, 0.25) is 0 Å². The molecule has 0 spiro atoms. The minimum atomic E-state index is -3.85. The van der Waals surface area contributed by atoms with Gasteiger partial charge in [-0.05, 0) is 31.0 Å². The number of aryl methyl sites for hydroxylation is 1. The Morgan fingerprint density at radius 2 is 2.11 bits per heavy atom. The van der Waals surface area contributed by atoms with Crippen molar-refractivity contribution in [3.63, 3.8) is 0 Å². The zero-order valence-corrected chi connectivity index (χ0v) is 11.8. The number of hydrogen-bond donors (Lipinski definition) is 2. The molecule has 9 heteroatoms. The van der Waals surface area contributed by atoms with Crippen LogP contribution in [-0.2, 0) is 10.0 Å². The van der Waals surface area contributed by atoms with Crippen molar-refractivity contribution in [2.75, 3.05) is 10.5 Å². The van der Waals surface area contributed by atoms with Crippen LogP contribution in [0.5, 0.6) is 0 Å². The van der Waals surface area contributed by atoms with Crippen molar-refractivity contribution >= 4 is 32.2 Å². The number of halogens is 1. The molecule has 19 heavy (non-hydrogen) atoms. The van der Waals surface area contributed by atoms with Gasteiger partial charge in [-0.15, -0.1) is 5.10 Å². The minimum absolute atomic E-state index is 0.0280. The maximum absolute atomic E-state index is 13.4. The fraction of sp³-hybridized carbons (Fsp3) is 0.200. The first-order valence-corrected chi connectivity index (χ1v) is 7.44. The Labute approximate surface area is 113 Å². The number of nitrogen functional groups attached to an aromatic ring is 1. The summed E-state index contributed by atoms with van der Waals surface area (Å²) in [6.07, 6.45) is 1.29. The van der Waals surface area contributed by atoms with Crippen molar-refractivity contribution < 1.29 is 12.8 Å². The van der Waals surface area contributed by atoms with Gasteiger partial charge in [-0.3, -0.25) is 4.72 Å². The third-order valence-corrected chi connectivity index (χ3v) is 4.93. The van der Waals surface area contributed by atoms with E-state index in [4.69, 9.17) is 5.73 Å². The molecule has 0 radical (unpaired) electrons. The second-order valence-electron chi connectivity index (χ2n) is 3.93. The summed E-state index contributed by atoms with van der Waals surface area (Å²) in [5.41, 5.74) is 5.83. The zero-order valence-electron chi connectivity index (χ0n) is 10.1. The van der Waals surface area contributed by atoms with E-state index in [1.54, 1.807) is 0 Å². The summed E-state index contributed by atoms with van der Waals surface area (Å²) in [5.74, 6) is -0.631. The molecule has 0 unspecified atom stereocenters. The Kier molecular flexibility index (Phi) is 3.42. The SMILES string of the molecule is Cc1cc(F)c(N)c(C)c1S(=O)(=O)Nc1cnns1. The van der Waals surface area contributed by atoms with Gasteiger partial charge in [0.15, 0.2) is 0 Å². The van der Waals surface area contributed by atoms with Gasteiger partial charge in [0.25, 0.3) is 10.0 Å². The second-order valence-corrected chi connectivity index (χ2v) is 6.34. The Morgan fingerprint density at radius 1 is 1.42 bits per heavy atom. The van der Waals surface area contributed by atoms with E-state index in [0.717, 1.165) is 17.6 Å². The van der Waals surface area contributed by atoms with E-state index in [2.05, 4.69) is 14.3 Å². The number of anilines is 2. The number of nitrogens with zero attached hydrogens (tertiary/aromatic N) is 2. The number of nitrogens with two attached hydrogens (primary N) is 1. The number of hydrogen-bond acceptors (Lipinski definition) is 6. The molecule has 0 fully saturated rings. The van der Waals surface area contributed by atoms with E-state index in [9.17, 15) is 12.8 Å². The Bertz CT molecular complexity index is 714. The molecule has 102 valence electrons.